The number of hydrogen-bond acceptors (Lipinski definition) is 3. The van der Waals surface area contributed by atoms with Crippen LogP contribution >= 0.6 is 0 Å². The van der Waals surface area contributed by atoms with Crippen LogP contribution in [0.3, 0.4) is 0 Å². The lowest BCUT2D eigenvalue weighted by Crippen LogP contribution is -2.36. The number of morpholine rings is 1. The lowest BCUT2D eigenvalue weighted by Gasteiger charge is -2.31. The quantitative estimate of drug-likeness (QED) is 0.889. The summed E-state index contributed by atoms with van der Waals surface area (Å²) in [6, 6.07) is 8.71. The van der Waals surface area contributed by atoms with Crippen LogP contribution in [0.2, 0.25) is 0 Å². The third kappa shape index (κ3) is 4.13. The van der Waals surface area contributed by atoms with Gasteiger partial charge in [0.15, 0.2) is 0 Å². The fourth-order valence-corrected chi connectivity index (χ4v) is 3.59. The van der Waals surface area contributed by atoms with E-state index in [1.54, 1.807) is 0 Å². The zero-order chi connectivity index (χ0) is 14.3. The van der Waals surface area contributed by atoms with Gasteiger partial charge < -0.3 is 15.0 Å². The minimum absolute atomic E-state index is 0.844. The molecule has 1 heterocycles. The van der Waals surface area contributed by atoms with Crippen LogP contribution in [0.4, 0.5) is 11.4 Å². The van der Waals surface area contributed by atoms with Crippen LogP contribution in [-0.2, 0) is 4.74 Å². The first-order chi connectivity index (χ1) is 10.4. The molecule has 1 aliphatic heterocycles. The van der Waals surface area contributed by atoms with E-state index >= 15 is 0 Å². The highest BCUT2D eigenvalue weighted by Crippen LogP contribution is 2.28. The lowest BCUT2D eigenvalue weighted by atomic mass is 9.87. The van der Waals surface area contributed by atoms with Gasteiger partial charge in [0.05, 0.1) is 24.6 Å². The number of ether oxygens (including phenoxy) is 1. The van der Waals surface area contributed by atoms with Crippen LogP contribution in [0, 0.1) is 5.92 Å². The number of para-hydroxylation sites is 2. The Labute approximate surface area is 128 Å². The third-order valence-corrected chi connectivity index (χ3v) is 4.85. The molecule has 1 aliphatic carbocycles. The van der Waals surface area contributed by atoms with Crippen molar-refractivity contribution < 1.29 is 4.74 Å². The second-order valence-electron chi connectivity index (χ2n) is 6.34. The predicted octanol–water partition coefficient (Wildman–Crippen LogP) is 3.91. The fraction of sp³-hybridized carbons (Fsp3) is 0.667. The molecule has 0 amide bonds. The number of rotatable bonds is 5. The molecule has 1 saturated carbocycles. The molecule has 1 saturated heterocycles. The summed E-state index contributed by atoms with van der Waals surface area (Å²) in [5.74, 6) is 0.946. The average molecular weight is 288 g/mol. The van der Waals surface area contributed by atoms with E-state index in [0.717, 1.165) is 38.8 Å². The zero-order valence-corrected chi connectivity index (χ0v) is 13.0. The third-order valence-electron chi connectivity index (χ3n) is 4.85. The van der Waals surface area contributed by atoms with Crippen molar-refractivity contribution in [3.63, 3.8) is 0 Å². The second kappa shape index (κ2) is 7.69. The first-order valence-corrected chi connectivity index (χ1v) is 8.59. The van der Waals surface area contributed by atoms with E-state index < -0.39 is 0 Å². The van der Waals surface area contributed by atoms with Crippen molar-refractivity contribution in [2.45, 2.75) is 38.5 Å². The van der Waals surface area contributed by atoms with Crippen LogP contribution in [0.1, 0.15) is 38.5 Å². The Kier molecular flexibility index (Phi) is 5.39. The van der Waals surface area contributed by atoms with Gasteiger partial charge in [0.1, 0.15) is 0 Å². The van der Waals surface area contributed by atoms with Gasteiger partial charge in [0.25, 0.3) is 0 Å². The normalized spacial score (nSPS) is 20.5. The van der Waals surface area contributed by atoms with Gasteiger partial charge in [-0.15, -0.1) is 0 Å². The van der Waals surface area contributed by atoms with Crippen molar-refractivity contribution in [3.05, 3.63) is 24.3 Å². The molecule has 0 radical (unpaired) electrons. The van der Waals surface area contributed by atoms with Gasteiger partial charge in [-0.05, 0) is 24.5 Å². The molecular weight excluding hydrogens is 260 g/mol. The van der Waals surface area contributed by atoms with E-state index in [0.29, 0.717) is 0 Å². The first-order valence-electron chi connectivity index (χ1n) is 8.59. The van der Waals surface area contributed by atoms with Gasteiger partial charge >= 0.3 is 0 Å². The van der Waals surface area contributed by atoms with Crippen LogP contribution in [0.5, 0.6) is 0 Å². The summed E-state index contributed by atoms with van der Waals surface area (Å²) in [5.41, 5.74) is 2.62. The number of nitrogens with one attached hydrogen (secondary N) is 1. The summed E-state index contributed by atoms with van der Waals surface area (Å²) in [4.78, 5) is 2.44. The Morgan fingerprint density at radius 3 is 2.62 bits per heavy atom. The molecule has 1 aromatic carbocycles. The summed E-state index contributed by atoms with van der Waals surface area (Å²) in [6.45, 7) is 4.79. The van der Waals surface area contributed by atoms with Crippen molar-refractivity contribution in [3.8, 4) is 0 Å². The van der Waals surface area contributed by atoms with Gasteiger partial charge in [-0.1, -0.05) is 44.2 Å². The summed E-state index contributed by atoms with van der Waals surface area (Å²) in [7, 11) is 0. The molecule has 21 heavy (non-hydrogen) atoms. The molecule has 2 aliphatic rings. The Bertz CT molecular complexity index is 423. The molecule has 1 N–H and O–H groups in total. The smallest absolute Gasteiger partial charge is 0.0642 e. The number of hydrogen-bond donors (Lipinski definition) is 1. The van der Waals surface area contributed by atoms with E-state index in [2.05, 4.69) is 34.5 Å². The Morgan fingerprint density at radius 2 is 1.81 bits per heavy atom. The van der Waals surface area contributed by atoms with Crippen molar-refractivity contribution in [1.29, 1.82) is 0 Å². The van der Waals surface area contributed by atoms with E-state index in [1.165, 1.54) is 49.9 Å². The maximum absolute atomic E-state index is 5.46. The first kappa shape index (κ1) is 14.7. The van der Waals surface area contributed by atoms with Crippen molar-refractivity contribution in [1.82, 2.24) is 0 Å². The molecule has 0 unspecified atom stereocenters. The van der Waals surface area contributed by atoms with E-state index in [9.17, 15) is 0 Å². The van der Waals surface area contributed by atoms with Gasteiger partial charge in [-0.2, -0.15) is 0 Å². The van der Waals surface area contributed by atoms with Crippen molar-refractivity contribution >= 4 is 11.4 Å². The molecule has 2 fully saturated rings. The summed E-state index contributed by atoms with van der Waals surface area (Å²) in [6.07, 6.45) is 8.52. The second-order valence-corrected chi connectivity index (χ2v) is 6.34. The molecule has 0 aromatic heterocycles. The zero-order valence-electron chi connectivity index (χ0n) is 13.0. The highest BCUT2D eigenvalue weighted by atomic mass is 16.5. The molecule has 3 rings (SSSR count). The fourth-order valence-electron chi connectivity index (χ4n) is 3.59. The molecule has 1 aromatic rings. The minimum Gasteiger partial charge on any atom is -0.383 e. The Hall–Kier alpha value is -1.22. The number of nitrogens with zero attached hydrogens (tertiary/aromatic N) is 1. The number of benzene rings is 1. The number of anilines is 2. The largest absolute Gasteiger partial charge is 0.383 e. The standard InChI is InChI=1S/C18H28N2O/c1-2-6-16(7-3-1)10-11-19-17-8-4-5-9-18(17)20-12-14-21-15-13-20/h4-5,8-9,16,19H,1-3,6-7,10-15H2. The molecule has 116 valence electrons. The van der Waals surface area contributed by atoms with Crippen molar-refractivity contribution in [2.24, 2.45) is 5.92 Å². The molecule has 0 bridgehead atoms. The average Bonchev–Trinajstić information content (AvgIpc) is 2.57. The van der Waals surface area contributed by atoms with Crippen molar-refractivity contribution in [2.75, 3.05) is 43.1 Å². The molecule has 3 nitrogen and oxygen atoms in total. The lowest BCUT2D eigenvalue weighted by molar-refractivity contribution is 0.123. The Balaban J connectivity index is 1.54. The minimum atomic E-state index is 0.844. The van der Waals surface area contributed by atoms with Gasteiger partial charge in [0.2, 0.25) is 0 Å². The van der Waals surface area contributed by atoms with Gasteiger partial charge in [0, 0.05) is 19.6 Å². The van der Waals surface area contributed by atoms with E-state index in [-0.39, 0.29) is 0 Å². The van der Waals surface area contributed by atoms with Crippen LogP contribution in [0.25, 0.3) is 0 Å². The van der Waals surface area contributed by atoms with Crippen LogP contribution in [0.15, 0.2) is 24.3 Å². The summed E-state index contributed by atoms with van der Waals surface area (Å²) in [5, 5.41) is 3.68. The molecule has 0 atom stereocenters. The summed E-state index contributed by atoms with van der Waals surface area (Å²) < 4.78 is 5.46. The molecule has 0 spiro atoms. The Morgan fingerprint density at radius 1 is 1.05 bits per heavy atom. The summed E-state index contributed by atoms with van der Waals surface area (Å²) >= 11 is 0. The van der Waals surface area contributed by atoms with Gasteiger partial charge in [-0.25, -0.2) is 0 Å². The maximum Gasteiger partial charge on any atom is 0.0642 e. The van der Waals surface area contributed by atoms with Crippen LogP contribution < -0.4 is 10.2 Å². The van der Waals surface area contributed by atoms with E-state index in [4.69, 9.17) is 4.74 Å². The van der Waals surface area contributed by atoms with Crippen LogP contribution in [-0.4, -0.2) is 32.8 Å². The monoisotopic (exact) mass is 288 g/mol. The van der Waals surface area contributed by atoms with E-state index in [1.807, 2.05) is 0 Å². The molecular formula is C18H28N2O. The maximum atomic E-state index is 5.46. The topological polar surface area (TPSA) is 24.5 Å². The SMILES string of the molecule is c1ccc(N2CCOCC2)c(NCCC2CCCCC2)c1. The predicted molar refractivity (Wildman–Crippen MR) is 89.2 cm³/mol. The van der Waals surface area contributed by atoms with Gasteiger partial charge in [-0.3, -0.25) is 0 Å². The highest BCUT2D eigenvalue weighted by molar-refractivity contribution is 5.70. The molecule has 3 heteroatoms. The highest BCUT2D eigenvalue weighted by Gasteiger charge is 2.15.